The van der Waals surface area contributed by atoms with Crippen molar-refractivity contribution in [2.24, 2.45) is 28.6 Å². The molecule has 0 bridgehead atoms. The number of Topliss-reactive ketones (excluding diaryl/α,β-unsaturated/α-hetero) is 2. The molecule has 5 atom stereocenters. The Balaban J connectivity index is 1.72. The number of hydrogen-bond donors (Lipinski definition) is 0. The molecule has 5 unspecified atom stereocenters. The molecule has 4 rings (SSSR count). The summed E-state index contributed by atoms with van der Waals surface area (Å²) in [5, 5.41) is 0. The largest absolute Gasteiger partial charge is 0.299 e. The van der Waals surface area contributed by atoms with E-state index < -0.39 is 0 Å². The Morgan fingerprint density at radius 2 is 1.71 bits per heavy atom. The van der Waals surface area contributed by atoms with Crippen molar-refractivity contribution in [3.05, 3.63) is 10.5 Å². The molecule has 0 aliphatic heterocycles. The molecule has 0 heterocycles. The molecule has 24 heavy (non-hydrogen) atoms. The third kappa shape index (κ3) is 2.15. The summed E-state index contributed by atoms with van der Waals surface area (Å²) in [6, 6.07) is 0. The molecule has 4 aliphatic rings. The van der Waals surface area contributed by atoms with Crippen LogP contribution in [0.15, 0.2) is 10.5 Å². The van der Waals surface area contributed by atoms with Crippen molar-refractivity contribution in [2.45, 2.75) is 72.1 Å². The van der Waals surface area contributed by atoms with Crippen molar-refractivity contribution >= 4 is 23.3 Å². The Labute approximate surface area is 150 Å². The SMILES string of the molecule is CCSC1=C2CCC3C4CCC(=O)C4(C)CCC3C2(C)CCC1=O. The highest BCUT2D eigenvalue weighted by molar-refractivity contribution is 8.04. The quantitative estimate of drug-likeness (QED) is 0.692. The highest BCUT2D eigenvalue weighted by Gasteiger charge is 2.59. The zero-order chi connectivity index (χ0) is 17.1. The number of ketones is 2. The van der Waals surface area contributed by atoms with Gasteiger partial charge in [-0.15, -0.1) is 11.8 Å². The molecule has 2 nitrogen and oxygen atoms in total. The average Bonchev–Trinajstić information content (AvgIpc) is 2.86. The van der Waals surface area contributed by atoms with Crippen LogP contribution in [0.1, 0.15) is 72.1 Å². The van der Waals surface area contributed by atoms with E-state index in [-0.39, 0.29) is 10.8 Å². The van der Waals surface area contributed by atoms with Crippen LogP contribution in [0.25, 0.3) is 0 Å². The molecule has 3 saturated carbocycles. The molecule has 0 saturated heterocycles. The lowest BCUT2D eigenvalue weighted by Crippen LogP contribution is -2.51. The van der Waals surface area contributed by atoms with Gasteiger partial charge >= 0.3 is 0 Å². The number of carbonyl (C=O) groups excluding carboxylic acids is 2. The zero-order valence-electron chi connectivity index (χ0n) is 15.3. The highest BCUT2D eigenvalue weighted by atomic mass is 32.2. The second-order valence-corrected chi connectivity index (χ2v) is 10.2. The highest BCUT2D eigenvalue weighted by Crippen LogP contribution is 2.65. The summed E-state index contributed by atoms with van der Waals surface area (Å²) in [6.45, 7) is 6.85. The Morgan fingerprint density at radius 1 is 0.958 bits per heavy atom. The second-order valence-electron chi connectivity index (χ2n) is 8.91. The zero-order valence-corrected chi connectivity index (χ0v) is 16.1. The monoisotopic (exact) mass is 346 g/mol. The van der Waals surface area contributed by atoms with Crippen LogP contribution in [-0.4, -0.2) is 17.3 Å². The van der Waals surface area contributed by atoms with E-state index in [2.05, 4.69) is 20.8 Å². The van der Waals surface area contributed by atoms with Gasteiger partial charge in [0.25, 0.3) is 0 Å². The molecule has 0 aromatic rings. The van der Waals surface area contributed by atoms with Crippen LogP contribution in [0.4, 0.5) is 0 Å². The van der Waals surface area contributed by atoms with Gasteiger partial charge < -0.3 is 0 Å². The minimum absolute atomic E-state index is 0.0375. The van der Waals surface area contributed by atoms with Gasteiger partial charge in [0.05, 0.1) is 4.91 Å². The van der Waals surface area contributed by atoms with Gasteiger partial charge in [-0.1, -0.05) is 20.8 Å². The summed E-state index contributed by atoms with van der Waals surface area (Å²) >= 11 is 1.78. The Morgan fingerprint density at radius 3 is 2.46 bits per heavy atom. The van der Waals surface area contributed by atoms with Crippen molar-refractivity contribution in [1.29, 1.82) is 0 Å². The second kappa shape index (κ2) is 5.72. The van der Waals surface area contributed by atoms with Crippen molar-refractivity contribution < 1.29 is 9.59 Å². The minimum Gasteiger partial charge on any atom is -0.299 e. The molecule has 0 radical (unpaired) electrons. The first-order valence-corrected chi connectivity index (χ1v) is 10.8. The van der Waals surface area contributed by atoms with Crippen LogP contribution in [0.2, 0.25) is 0 Å². The lowest BCUT2D eigenvalue weighted by atomic mass is 9.47. The summed E-state index contributed by atoms with van der Waals surface area (Å²) < 4.78 is 0. The number of fused-ring (bicyclic) bond motifs is 5. The third-order valence-corrected chi connectivity index (χ3v) is 9.12. The number of rotatable bonds is 2. The van der Waals surface area contributed by atoms with Crippen LogP contribution in [0, 0.1) is 28.6 Å². The average molecular weight is 347 g/mol. The molecule has 0 spiro atoms. The minimum atomic E-state index is -0.0375. The smallest absolute Gasteiger partial charge is 0.169 e. The molecule has 0 aromatic heterocycles. The maximum atomic E-state index is 12.5. The standard InChI is InChI=1S/C21H30O2S/c1-4-24-19-16-6-5-13-14-7-8-18(23)21(14,3)11-9-15(13)20(16,2)12-10-17(19)22/h13-15H,4-12H2,1-3H3. The fourth-order valence-corrected chi connectivity index (χ4v) is 7.81. The van der Waals surface area contributed by atoms with E-state index in [0.717, 1.165) is 49.2 Å². The molecule has 3 heteroatoms. The van der Waals surface area contributed by atoms with Gasteiger partial charge in [-0.3, -0.25) is 9.59 Å². The van der Waals surface area contributed by atoms with Crippen LogP contribution < -0.4 is 0 Å². The summed E-state index contributed by atoms with van der Waals surface area (Å²) in [7, 11) is 0. The first-order valence-electron chi connectivity index (χ1n) is 9.84. The van der Waals surface area contributed by atoms with E-state index in [1.807, 2.05) is 0 Å². The molecular formula is C21H30O2S. The summed E-state index contributed by atoms with van der Waals surface area (Å²) in [5.41, 5.74) is 1.66. The van der Waals surface area contributed by atoms with Gasteiger partial charge in [0, 0.05) is 18.3 Å². The van der Waals surface area contributed by atoms with Crippen molar-refractivity contribution in [2.75, 3.05) is 5.75 Å². The molecule has 4 aliphatic carbocycles. The van der Waals surface area contributed by atoms with Crippen molar-refractivity contribution in [1.82, 2.24) is 0 Å². The normalized spacial score (nSPS) is 45.0. The summed E-state index contributed by atoms with van der Waals surface area (Å²) in [5.74, 6) is 3.89. The molecule has 132 valence electrons. The number of carbonyl (C=O) groups is 2. The van der Waals surface area contributed by atoms with E-state index >= 15 is 0 Å². The van der Waals surface area contributed by atoms with Crippen LogP contribution in [-0.2, 0) is 9.59 Å². The molecule has 0 aromatic carbocycles. The lowest BCUT2D eigenvalue weighted by molar-refractivity contribution is -0.132. The third-order valence-electron chi connectivity index (χ3n) is 8.07. The number of thioether (sulfide) groups is 1. The lowest BCUT2D eigenvalue weighted by Gasteiger charge is -2.57. The van der Waals surface area contributed by atoms with Gasteiger partial charge in [-0.25, -0.2) is 0 Å². The molecule has 0 amide bonds. The van der Waals surface area contributed by atoms with Gasteiger partial charge in [0.15, 0.2) is 5.78 Å². The molecule has 3 fully saturated rings. The van der Waals surface area contributed by atoms with E-state index in [1.54, 1.807) is 11.8 Å². The van der Waals surface area contributed by atoms with E-state index in [9.17, 15) is 9.59 Å². The van der Waals surface area contributed by atoms with Crippen LogP contribution in [0.3, 0.4) is 0 Å². The van der Waals surface area contributed by atoms with Crippen LogP contribution >= 0.6 is 11.8 Å². The van der Waals surface area contributed by atoms with E-state index in [1.165, 1.54) is 18.4 Å². The van der Waals surface area contributed by atoms with Crippen molar-refractivity contribution in [3.8, 4) is 0 Å². The molecule has 0 N–H and O–H groups in total. The van der Waals surface area contributed by atoms with Gasteiger partial charge in [0.1, 0.15) is 5.78 Å². The maximum Gasteiger partial charge on any atom is 0.169 e. The van der Waals surface area contributed by atoms with Gasteiger partial charge in [-0.05, 0) is 73.0 Å². The van der Waals surface area contributed by atoms with E-state index in [0.29, 0.717) is 29.3 Å². The predicted molar refractivity (Wildman–Crippen MR) is 98.8 cm³/mol. The van der Waals surface area contributed by atoms with Crippen molar-refractivity contribution in [3.63, 3.8) is 0 Å². The fraction of sp³-hybridized carbons (Fsp3) is 0.810. The first-order chi connectivity index (χ1) is 11.4. The topological polar surface area (TPSA) is 34.1 Å². The van der Waals surface area contributed by atoms with Crippen LogP contribution in [0.5, 0.6) is 0 Å². The summed E-state index contributed by atoms with van der Waals surface area (Å²) in [6.07, 6.45) is 8.23. The van der Waals surface area contributed by atoms with Gasteiger partial charge in [0.2, 0.25) is 0 Å². The van der Waals surface area contributed by atoms with E-state index in [4.69, 9.17) is 0 Å². The maximum absolute atomic E-state index is 12.5. The first kappa shape index (κ1) is 16.9. The number of allylic oxidation sites excluding steroid dienone is 1. The Bertz CT molecular complexity index is 621. The fourth-order valence-electron chi connectivity index (χ4n) is 6.75. The van der Waals surface area contributed by atoms with Gasteiger partial charge in [-0.2, -0.15) is 0 Å². The number of hydrogen-bond acceptors (Lipinski definition) is 3. The Hall–Kier alpha value is -0.570. The molecular weight excluding hydrogens is 316 g/mol. The summed E-state index contributed by atoms with van der Waals surface area (Å²) in [4.78, 5) is 26.1. The Kier molecular flexibility index (Phi) is 4.02. The predicted octanol–water partition coefficient (Wildman–Crippen LogP) is 5.17.